The van der Waals surface area contributed by atoms with Crippen LogP contribution < -0.4 is 16.2 Å². The molecule has 0 radical (unpaired) electrons. The van der Waals surface area contributed by atoms with E-state index in [4.69, 9.17) is 4.74 Å². The summed E-state index contributed by atoms with van der Waals surface area (Å²) in [5.41, 5.74) is 1.49. The predicted molar refractivity (Wildman–Crippen MR) is 116 cm³/mol. The van der Waals surface area contributed by atoms with Gasteiger partial charge in [-0.3, -0.25) is 19.5 Å². The van der Waals surface area contributed by atoms with Crippen molar-refractivity contribution in [1.82, 2.24) is 9.55 Å². The molecule has 0 bridgehead atoms. The summed E-state index contributed by atoms with van der Waals surface area (Å²) in [6, 6.07) is 13.9. The summed E-state index contributed by atoms with van der Waals surface area (Å²) >= 11 is 0. The summed E-state index contributed by atoms with van der Waals surface area (Å²) in [6.07, 6.45) is 1.01. The fourth-order valence-corrected chi connectivity index (χ4v) is 2.78. The number of aryl methyl sites for hydroxylation is 1. The maximum Gasteiger partial charge on any atom is 0.411 e. The minimum Gasteiger partial charge on any atom is -0.449 e. The van der Waals surface area contributed by atoms with E-state index < -0.39 is 6.09 Å². The largest absolute Gasteiger partial charge is 0.449 e. The first-order valence-corrected chi connectivity index (χ1v) is 9.70. The fraction of sp³-hybridized carbons (Fsp3) is 0.273. The fourth-order valence-electron chi connectivity index (χ4n) is 2.78. The van der Waals surface area contributed by atoms with Gasteiger partial charge in [-0.2, -0.15) is 0 Å². The normalized spacial score (nSPS) is 10.8. The van der Waals surface area contributed by atoms with Crippen molar-refractivity contribution in [3.05, 3.63) is 65.2 Å². The van der Waals surface area contributed by atoms with Crippen LogP contribution in [-0.2, 0) is 16.1 Å². The molecule has 3 rings (SSSR count). The highest BCUT2D eigenvalue weighted by atomic mass is 16.5. The highest BCUT2D eigenvalue weighted by molar-refractivity contribution is 5.92. The van der Waals surface area contributed by atoms with Crippen LogP contribution in [0.1, 0.15) is 20.3 Å². The number of anilines is 2. The summed E-state index contributed by atoms with van der Waals surface area (Å²) in [5.74, 6) is -0.0127. The van der Waals surface area contributed by atoms with E-state index >= 15 is 0 Å². The Morgan fingerprint density at radius 3 is 2.57 bits per heavy atom. The van der Waals surface area contributed by atoms with Gasteiger partial charge in [0.2, 0.25) is 5.91 Å². The molecular formula is C22H24N4O4. The Bertz CT molecular complexity index is 1110. The Kier molecular flexibility index (Phi) is 6.79. The third-order valence-corrected chi connectivity index (χ3v) is 4.25. The number of amides is 2. The number of nitrogens with zero attached hydrogens (tertiary/aromatic N) is 2. The molecule has 156 valence electrons. The maximum atomic E-state index is 12.5. The summed E-state index contributed by atoms with van der Waals surface area (Å²) in [5, 5.41) is 5.91. The number of fused-ring (bicyclic) bond motifs is 1. The first-order chi connectivity index (χ1) is 14.4. The van der Waals surface area contributed by atoms with E-state index in [1.54, 1.807) is 42.5 Å². The molecule has 0 unspecified atom stereocenters. The van der Waals surface area contributed by atoms with Gasteiger partial charge in [0.1, 0.15) is 0 Å². The third kappa shape index (κ3) is 5.66. The minimum absolute atomic E-state index is 0.105. The second-order valence-corrected chi connectivity index (χ2v) is 7.26. The quantitative estimate of drug-likeness (QED) is 0.621. The Balaban J connectivity index is 1.57. The van der Waals surface area contributed by atoms with Gasteiger partial charge in [-0.25, -0.2) is 9.78 Å². The van der Waals surface area contributed by atoms with Gasteiger partial charge in [0.15, 0.2) is 0 Å². The van der Waals surface area contributed by atoms with E-state index in [9.17, 15) is 14.4 Å². The van der Waals surface area contributed by atoms with Crippen molar-refractivity contribution in [3.63, 3.8) is 0 Å². The molecule has 1 heterocycles. The zero-order valence-corrected chi connectivity index (χ0v) is 16.9. The van der Waals surface area contributed by atoms with Crippen molar-refractivity contribution < 1.29 is 14.3 Å². The van der Waals surface area contributed by atoms with Gasteiger partial charge < -0.3 is 10.1 Å². The number of benzene rings is 2. The van der Waals surface area contributed by atoms with Gasteiger partial charge in [-0.05, 0) is 36.2 Å². The van der Waals surface area contributed by atoms with E-state index in [-0.39, 0.29) is 30.3 Å². The summed E-state index contributed by atoms with van der Waals surface area (Å²) in [4.78, 5) is 40.8. The zero-order valence-electron chi connectivity index (χ0n) is 16.9. The van der Waals surface area contributed by atoms with Gasteiger partial charge in [-0.15, -0.1) is 0 Å². The number of hydrogen-bond acceptors (Lipinski definition) is 5. The van der Waals surface area contributed by atoms with Gasteiger partial charge in [-0.1, -0.05) is 32.0 Å². The molecule has 0 saturated carbocycles. The Hall–Kier alpha value is -3.68. The summed E-state index contributed by atoms with van der Waals surface area (Å²) in [6.45, 7) is 4.43. The van der Waals surface area contributed by atoms with Crippen molar-refractivity contribution in [2.75, 3.05) is 17.2 Å². The summed E-state index contributed by atoms with van der Waals surface area (Å²) in [7, 11) is 0. The van der Waals surface area contributed by atoms with Gasteiger partial charge in [0.05, 0.1) is 23.8 Å². The maximum absolute atomic E-state index is 12.5. The summed E-state index contributed by atoms with van der Waals surface area (Å²) < 4.78 is 6.50. The van der Waals surface area contributed by atoms with Crippen LogP contribution in [0, 0.1) is 5.92 Å². The molecule has 0 atom stereocenters. The number of ether oxygens (including phenoxy) is 1. The predicted octanol–water partition coefficient (Wildman–Crippen LogP) is 3.63. The number of carbonyl (C=O) groups excluding carboxylic acids is 2. The topological polar surface area (TPSA) is 102 Å². The van der Waals surface area contributed by atoms with Crippen molar-refractivity contribution in [3.8, 4) is 0 Å². The molecule has 2 aromatic carbocycles. The molecule has 0 spiro atoms. The molecule has 30 heavy (non-hydrogen) atoms. The first kappa shape index (κ1) is 21.0. The monoisotopic (exact) mass is 408 g/mol. The molecule has 2 N–H and O–H groups in total. The SMILES string of the molecule is CC(C)COC(=O)Nc1cccc(NC(=O)CCn2cnc3ccccc3c2=O)c1. The molecular weight excluding hydrogens is 384 g/mol. The van der Waals surface area contributed by atoms with Gasteiger partial charge in [0, 0.05) is 24.3 Å². The van der Waals surface area contributed by atoms with Crippen molar-refractivity contribution >= 4 is 34.3 Å². The van der Waals surface area contributed by atoms with Crippen molar-refractivity contribution in [1.29, 1.82) is 0 Å². The molecule has 0 aliphatic carbocycles. The molecule has 0 saturated heterocycles. The lowest BCUT2D eigenvalue weighted by Gasteiger charge is -2.11. The Morgan fingerprint density at radius 1 is 1.07 bits per heavy atom. The van der Waals surface area contributed by atoms with Crippen molar-refractivity contribution in [2.24, 2.45) is 5.92 Å². The lowest BCUT2D eigenvalue weighted by molar-refractivity contribution is -0.116. The van der Waals surface area contributed by atoms with Crippen LogP contribution in [0.25, 0.3) is 10.9 Å². The highest BCUT2D eigenvalue weighted by Crippen LogP contribution is 2.16. The van der Waals surface area contributed by atoms with E-state index in [0.29, 0.717) is 28.9 Å². The number of hydrogen-bond donors (Lipinski definition) is 2. The van der Waals surface area contributed by atoms with Crippen LogP contribution in [-0.4, -0.2) is 28.2 Å². The van der Waals surface area contributed by atoms with Crippen LogP contribution in [0.3, 0.4) is 0 Å². The number of carbonyl (C=O) groups is 2. The first-order valence-electron chi connectivity index (χ1n) is 9.70. The van der Waals surface area contributed by atoms with E-state index in [2.05, 4.69) is 15.6 Å². The smallest absolute Gasteiger partial charge is 0.411 e. The van der Waals surface area contributed by atoms with Crippen LogP contribution in [0.2, 0.25) is 0 Å². The van der Waals surface area contributed by atoms with E-state index in [1.165, 1.54) is 10.9 Å². The second kappa shape index (κ2) is 9.69. The molecule has 3 aromatic rings. The Morgan fingerprint density at radius 2 is 1.80 bits per heavy atom. The second-order valence-electron chi connectivity index (χ2n) is 7.26. The number of nitrogens with one attached hydrogen (secondary N) is 2. The average molecular weight is 408 g/mol. The lowest BCUT2D eigenvalue weighted by Crippen LogP contribution is -2.23. The standard InChI is InChI=1S/C22H24N4O4/c1-15(2)13-30-22(29)25-17-7-5-6-16(12-17)24-20(27)10-11-26-14-23-19-9-4-3-8-18(19)21(26)28/h3-9,12,14-15H,10-11,13H2,1-2H3,(H,24,27)(H,25,29). The van der Waals surface area contributed by atoms with E-state index in [1.807, 2.05) is 19.9 Å². The molecule has 0 aliphatic rings. The number of para-hydroxylation sites is 1. The average Bonchev–Trinajstić information content (AvgIpc) is 2.72. The number of aromatic nitrogens is 2. The van der Waals surface area contributed by atoms with E-state index in [0.717, 1.165) is 0 Å². The molecule has 0 aliphatic heterocycles. The van der Waals surface area contributed by atoms with Crippen LogP contribution in [0.5, 0.6) is 0 Å². The van der Waals surface area contributed by atoms with Gasteiger partial charge in [0.25, 0.3) is 5.56 Å². The molecule has 1 aromatic heterocycles. The Labute approximate surface area is 173 Å². The zero-order chi connectivity index (χ0) is 21.5. The third-order valence-electron chi connectivity index (χ3n) is 4.25. The molecule has 8 heteroatoms. The van der Waals surface area contributed by atoms with Crippen LogP contribution in [0.15, 0.2) is 59.7 Å². The minimum atomic E-state index is -0.546. The molecule has 8 nitrogen and oxygen atoms in total. The van der Waals surface area contributed by atoms with Crippen molar-refractivity contribution in [2.45, 2.75) is 26.8 Å². The molecule has 0 fully saturated rings. The van der Waals surface area contributed by atoms with Crippen LogP contribution in [0.4, 0.5) is 16.2 Å². The molecule has 2 amide bonds. The van der Waals surface area contributed by atoms with Crippen LogP contribution >= 0.6 is 0 Å². The number of rotatable bonds is 7. The van der Waals surface area contributed by atoms with Gasteiger partial charge >= 0.3 is 6.09 Å². The lowest BCUT2D eigenvalue weighted by atomic mass is 10.2. The highest BCUT2D eigenvalue weighted by Gasteiger charge is 2.09.